The molecule has 2 aliphatic rings. The molecule has 8 nitrogen and oxygen atoms in total. The fourth-order valence-corrected chi connectivity index (χ4v) is 5.09. The van der Waals surface area contributed by atoms with Crippen LogP contribution in [0.3, 0.4) is 0 Å². The van der Waals surface area contributed by atoms with Crippen molar-refractivity contribution in [3.8, 4) is 11.4 Å². The van der Waals surface area contributed by atoms with E-state index in [0.717, 1.165) is 21.6 Å². The van der Waals surface area contributed by atoms with Crippen LogP contribution in [0.1, 0.15) is 23.3 Å². The van der Waals surface area contributed by atoms with E-state index in [2.05, 4.69) is 34.4 Å². The van der Waals surface area contributed by atoms with Gasteiger partial charge in [-0.1, -0.05) is 0 Å². The molecule has 0 saturated carbocycles. The predicted molar refractivity (Wildman–Crippen MR) is 111 cm³/mol. The van der Waals surface area contributed by atoms with Gasteiger partial charge in [0.25, 0.3) is 5.91 Å². The maximum atomic E-state index is 12.3. The highest BCUT2D eigenvalue weighted by molar-refractivity contribution is 7.18. The second-order valence-corrected chi connectivity index (χ2v) is 8.76. The van der Waals surface area contributed by atoms with Crippen LogP contribution in [-0.2, 0) is 4.79 Å². The fourth-order valence-electron chi connectivity index (χ4n) is 4.06. The summed E-state index contributed by atoms with van der Waals surface area (Å²) in [6, 6.07) is 3.42. The third-order valence-electron chi connectivity index (χ3n) is 5.86. The molecule has 0 aromatic carbocycles. The first kappa shape index (κ1) is 18.0. The van der Waals surface area contributed by atoms with Gasteiger partial charge in [-0.05, 0) is 44.4 Å². The average Bonchev–Trinajstić information content (AvgIpc) is 3.17. The fraction of sp³-hybridized carbons (Fsp3) is 0.350. The highest BCUT2D eigenvalue weighted by atomic mass is 32.1. The van der Waals surface area contributed by atoms with Crippen molar-refractivity contribution in [1.82, 2.24) is 25.6 Å². The Kier molecular flexibility index (Phi) is 4.02. The maximum absolute atomic E-state index is 12.3. The van der Waals surface area contributed by atoms with Gasteiger partial charge in [-0.2, -0.15) is 0 Å². The van der Waals surface area contributed by atoms with E-state index in [-0.39, 0.29) is 5.91 Å². The summed E-state index contributed by atoms with van der Waals surface area (Å²) in [5.41, 5.74) is 1.26. The van der Waals surface area contributed by atoms with Gasteiger partial charge in [-0.3, -0.25) is 15.1 Å². The van der Waals surface area contributed by atoms with Crippen LogP contribution in [0.4, 0.5) is 10.6 Å². The smallest absolute Gasteiger partial charge is 0.322 e. The minimum atomic E-state index is -0.800. The number of hydrogen-bond donors (Lipinski definition) is 2. The number of pyridine rings is 1. The number of fused-ring (bicyclic) bond motifs is 1. The minimum Gasteiger partial charge on any atom is -0.356 e. The van der Waals surface area contributed by atoms with Crippen molar-refractivity contribution in [3.05, 3.63) is 35.0 Å². The number of anilines is 1. The second kappa shape index (κ2) is 6.48. The highest BCUT2D eigenvalue weighted by Crippen LogP contribution is 2.38. The van der Waals surface area contributed by atoms with Gasteiger partial charge in [0.05, 0.1) is 5.39 Å². The summed E-state index contributed by atoms with van der Waals surface area (Å²) in [4.78, 5) is 42.2. The minimum absolute atomic E-state index is 0.228. The monoisotopic (exact) mass is 408 g/mol. The van der Waals surface area contributed by atoms with E-state index in [4.69, 9.17) is 9.97 Å². The number of urea groups is 1. The van der Waals surface area contributed by atoms with Crippen molar-refractivity contribution < 1.29 is 9.59 Å². The average molecular weight is 408 g/mol. The Morgan fingerprint density at radius 1 is 1.17 bits per heavy atom. The topological polar surface area (TPSA) is 100 Å². The van der Waals surface area contributed by atoms with E-state index in [1.54, 1.807) is 23.7 Å². The number of carbonyl (C=O) groups is 2. The molecule has 2 saturated heterocycles. The number of thiophene rings is 1. The summed E-state index contributed by atoms with van der Waals surface area (Å²) >= 11 is 1.67. The van der Waals surface area contributed by atoms with Crippen molar-refractivity contribution in [1.29, 1.82) is 0 Å². The lowest BCUT2D eigenvalue weighted by molar-refractivity contribution is -0.124. The Morgan fingerprint density at radius 3 is 2.62 bits per heavy atom. The molecular formula is C20H20N6O2S. The van der Waals surface area contributed by atoms with Crippen molar-refractivity contribution >= 4 is 39.3 Å². The zero-order valence-electron chi connectivity index (χ0n) is 16.2. The Morgan fingerprint density at radius 2 is 1.97 bits per heavy atom. The second-order valence-electron chi connectivity index (χ2n) is 7.55. The zero-order chi connectivity index (χ0) is 20.2. The molecular weight excluding hydrogens is 388 g/mol. The lowest BCUT2D eigenvalue weighted by Crippen LogP contribution is -2.55. The number of imide groups is 1. The number of aryl methyl sites for hydroxylation is 2. The zero-order valence-corrected chi connectivity index (χ0v) is 17.0. The first-order chi connectivity index (χ1) is 14.0. The van der Waals surface area contributed by atoms with Gasteiger partial charge in [0.15, 0.2) is 5.82 Å². The summed E-state index contributed by atoms with van der Waals surface area (Å²) in [6.45, 7) is 5.45. The third kappa shape index (κ3) is 2.84. The van der Waals surface area contributed by atoms with E-state index in [1.165, 1.54) is 10.4 Å². The molecule has 2 N–H and O–H groups in total. The quantitative estimate of drug-likeness (QED) is 0.632. The van der Waals surface area contributed by atoms with Crippen LogP contribution in [0.15, 0.2) is 24.5 Å². The van der Waals surface area contributed by atoms with Crippen LogP contribution >= 0.6 is 11.3 Å². The van der Waals surface area contributed by atoms with Crippen molar-refractivity contribution in [2.75, 3.05) is 18.0 Å². The molecule has 1 spiro atoms. The van der Waals surface area contributed by atoms with Crippen LogP contribution in [0.25, 0.3) is 21.6 Å². The van der Waals surface area contributed by atoms with Crippen LogP contribution in [-0.4, -0.2) is 45.5 Å². The van der Waals surface area contributed by atoms with Crippen LogP contribution in [0.2, 0.25) is 0 Å². The highest BCUT2D eigenvalue weighted by Gasteiger charge is 2.48. The normalized spacial score (nSPS) is 18.3. The lowest BCUT2D eigenvalue weighted by Gasteiger charge is -2.37. The largest absolute Gasteiger partial charge is 0.356 e. The number of carbonyl (C=O) groups excluding carboxylic acids is 2. The SMILES string of the molecule is Cc1sc2nc(-c3cccnc3)nc(N3CCC4(CC3)NC(=O)NC4=O)c2c1C. The molecule has 0 radical (unpaired) electrons. The van der Waals surface area contributed by atoms with E-state index in [1.807, 2.05) is 12.1 Å². The van der Waals surface area contributed by atoms with E-state index in [9.17, 15) is 9.59 Å². The third-order valence-corrected chi connectivity index (χ3v) is 6.96. The van der Waals surface area contributed by atoms with Gasteiger partial charge < -0.3 is 10.2 Å². The van der Waals surface area contributed by atoms with Crippen molar-refractivity contribution in [3.63, 3.8) is 0 Å². The number of amides is 3. The Bertz CT molecular complexity index is 1130. The van der Waals surface area contributed by atoms with Gasteiger partial charge in [0.1, 0.15) is 16.2 Å². The molecule has 2 aliphatic heterocycles. The molecule has 148 valence electrons. The summed E-state index contributed by atoms with van der Waals surface area (Å²) in [5.74, 6) is 1.30. The molecule has 5 heterocycles. The molecule has 0 atom stereocenters. The molecule has 0 bridgehead atoms. The molecule has 9 heteroatoms. The Balaban J connectivity index is 1.56. The molecule has 0 unspecified atom stereocenters. The number of piperidine rings is 1. The lowest BCUT2D eigenvalue weighted by atomic mass is 9.87. The number of hydrogen-bond acceptors (Lipinski definition) is 7. The molecule has 29 heavy (non-hydrogen) atoms. The molecule has 5 rings (SSSR count). The molecule has 3 amide bonds. The standard InChI is InChI=1S/C20H20N6O2S/c1-11-12(2)29-17-14(11)16(22-15(23-17)13-4-3-7-21-10-13)26-8-5-20(6-9-26)18(27)24-19(28)25-20/h3-4,7,10H,5-6,8-9H2,1-2H3,(H2,24,25,27,28). The molecule has 2 fully saturated rings. The first-order valence-corrected chi connectivity index (χ1v) is 10.4. The number of aromatic nitrogens is 3. The van der Waals surface area contributed by atoms with Crippen LogP contribution in [0.5, 0.6) is 0 Å². The van der Waals surface area contributed by atoms with E-state index >= 15 is 0 Å². The van der Waals surface area contributed by atoms with Gasteiger partial charge in [0, 0.05) is 35.9 Å². The summed E-state index contributed by atoms with van der Waals surface area (Å²) in [5, 5.41) is 6.25. The summed E-state index contributed by atoms with van der Waals surface area (Å²) in [7, 11) is 0. The van der Waals surface area contributed by atoms with E-state index in [0.29, 0.717) is 31.8 Å². The van der Waals surface area contributed by atoms with Crippen molar-refractivity contribution in [2.45, 2.75) is 32.2 Å². The maximum Gasteiger partial charge on any atom is 0.322 e. The van der Waals surface area contributed by atoms with Crippen LogP contribution < -0.4 is 15.5 Å². The molecule has 3 aromatic rings. The van der Waals surface area contributed by atoms with Crippen LogP contribution in [0, 0.1) is 13.8 Å². The van der Waals surface area contributed by atoms with Gasteiger partial charge in [-0.25, -0.2) is 14.8 Å². The summed E-state index contributed by atoms with van der Waals surface area (Å²) < 4.78 is 0. The van der Waals surface area contributed by atoms with Gasteiger partial charge in [0.2, 0.25) is 0 Å². The van der Waals surface area contributed by atoms with Gasteiger partial charge in [-0.15, -0.1) is 11.3 Å². The molecule has 0 aliphatic carbocycles. The number of nitrogens with zero attached hydrogens (tertiary/aromatic N) is 4. The Hall–Kier alpha value is -3.07. The number of rotatable bonds is 2. The van der Waals surface area contributed by atoms with Gasteiger partial charge >= 0.3 is 6.03 Å². The predicted octanol–water partition coefficient (Wildman–Crippen LogP) is 2.55. The van der Waals surface area contributed by atoms with Crippen molar-refractivity contribution in [2.24, 2.45) is 0 Å². The molecule has 3 aromatic heterocycles. The number of nitrogens with one attached hydrogen (secondary N) is 2. The Labute approximate surface area is 171 Å². The summed E-state index contributed by atoms with van der Waals surface area (Å²) in [6.07, 6.45) is 4.58. The first-order valence-electron chi connectivity index (χ1n) is 9.53. The van der Waals surface area contributed by atoms with E-state index < -0.39 is 11.6 Å².